The average molecular weight is 408 g/mol. The Bertz CT molecular complexity index is 1010. The summed E-state index contributed by atoms with van der Waals surface area (Å²) in [5.74, 6) is 0.159. The number of imide groups is 1. The molecule has 0 bridgehead atoms. The predicted octanol–water partition coefficient (Wildman–Crippen LogP) is 2.83. The van der Waals surface area contributed by atoms with Gasteiger partial charge in [-0.25, -0.2) is 0 Å². The minimum Gasteiger partial charge on any atom is -0.493 e. The van der Waals surface area contributed by atoms with Crippen molar-refractivity contribution in [3.05, 3.63) is 58.7 Å². The largest absolute Gasteiger partial charge is 0.493 e. The SMILES string of the molecule is COc1cc2c(cc1OC)[C@@H](C)N(C(=O)[C@@H](C)N1C(=O)c3ccccc3C1=O)CC2. The lowest BCUT2D eigenvalue weighted by atomic mass is 9.92. The Labute approximate surface area is 175 Å². The normalized spacial score (nSPS) is 18.7. The molecule has 2 aromatic rings. The standard InChI is InChI=1S/C23H24N2O5/c1-13-18-12-20(30-4)19(29-3)11-15(18)9-10-24(13)21(26)14(2)25-22(27)16-7-5-6-8-17(16)23(25)28/h5-8,11-14H,9-10H2,1-4H3/t13-,14-/m1/s1. The molecular weight excluding hydrogens is 384 g/mol. The number of fused-ring (bicyclic) bond motifs is 2. The van der Waals surface area contributed by atoms with Gasteiger partial charge in [0.15, 0.2) is 11.5 Å². The van der Waals surface area contributed by atoms with Gasteiger partial charge >= 0.3 is 0 Å². The van der Waals surface area contributed by atoms with E-state index in [4.69, 9.17) is 9.47 Å². The molecule has 2 aliphatic rings. The Morgan fingerprint density at radius 2 is 1.60 bits per heavy atom. The lowest BCUT2D eigenvalue weighted by molar-refractivity contribution is -0.137. The van der Waals surface area contributed by atoms with Crippen molar-refractivity contribution in [2.75, 3.05) is 20.8 Å². The van der Waals surface area contributed by atoms with Crippen LogP contribution >= 0.6 is 0 Å². The van der Waals surface area contributed by atoms with Crippen molar-refractivity contribution < 1.29 is 23.9 Å². The minimum atomic E-state index is -0.887. The van der Waals surface area contributed by atoms with Crippen molar-refractivity contribution in [2.45, 2.75) is 32.4 Å². The van der Waals surface area contributed by atoms with Crippen molar-refractivity contribution >= 4 is 17.7 Å². The van der Waals surface area contributed by atoms with Crippen LogP contribution in [0.1, 0.15) is 51.7 Å². The summed E-state index contributed by atoms with van der Waals surface area (Å²) in [7, 11) is 3.17. The van der Waals surface area contributed by atoms with E-state index in [1.807, 2.05) is 19.1 Å². The van der Waals surface area contributed by atoms with E-state index in [-0.39, 0.29) is 11.9 Å². The Hall–Kier alpha value is -3.35. The van der Waals surface area contributed by atoms with Crippen LogP contribution in [0.2, 0.25) is 0 Å². The monoisotopic (exact) mass is 408 g/mol. The second-order valence-electron chi connectivity index (χ2n) is 7.57. The van der Waals surface area contributed by atoms with Gasteiger partial charge in [-0.15, -0.1) is 0 Å². The van der Waals surface area contributed by atoms with Gasteiger partial charge in [-0.05, 0) is 55.7 Å². The smallest absolute Gasteiger partial charge is 0.262 e. The Balaban J connectivity index is 1.61. The summed E-state index contributed by atoms with van der Waals surface area (Å²) in [6.45, 7) is 4.05. The number of carbonyl (C=O) groups excluding carboxylic acids is 3. The summed E-state index contributed by atoms with van der Waals surface area (Å²) in [5.41, 5.74) is 2.76. The molecule has 156 valence electrons. The minimum absolute atomic E-state index is 0.223. The number of benzene rings is 2. The molecule has 0 fully saturated rings. The first-order valence-electron chi connectivity index (χ1n) is 9.91. The van der Waals surface area contributed by atoms with Gasteiger partial charge in [-0.1, -0.05) is 12.1 Å². The third-order valence-corrected chi connectivity index (χ3v) is 6.04. The number of carbonyl (C=O) groups is 3. The fourth-order valence-corrected chi connectivity index (χ4v) is 4.36. The molecule has 7 heteroatoms. The molecule has 4 rings (SSSR count). The highest BCUT2D eigenvalue weighted by Gasteiger charge is 2.43. The lowest BCUT2D eigenvalue weighted by Crippen LogP contribution is -2.51. The van der Waals surface area contributed by atoms with Crippen molar-refractivity contribution in [3.8, 4) is 11.5 Å². The first-order chi connectivity index (χ1) is 14.4. The second-order valence-corrected chi connectivity index (χ2v) is 7.57. The predicted molar refractivity (Wildman–Crippen MR) is 110 cm³/mol. The van der Waals surface area contributed by atoms with Gasteiger partial charge in [0.2, 0.25) is 5.91 Å². The van der Waals surface area contributed by atoms with E-state index < -0.39 is 17.9 Å². The molecular formula is C23H24N2O5. The van der Waals surface area contributed by atoms with E-state index in [1.165, 1.54) is 0 Å². The molecule has 30 heavy (non-hydrogen) atoms. The molecule has 0 saturated carbocycles. The maximum atomic E-state index is 13.3. The first kappa shape index (κ1) is 19.9. The van der Waals surface area contributed by atoms with Crippen molar-refractivity contribution in [1.29, 1.82) is 0 Å². The number of amides is 3. The number of nitrogens with zero attached hydrogens (tertiary/aromatic N) is 2. The summed E-state index contributed by atoms with van der Waals surface area (Å²) < 4.78 is 10.8. The van der Waals surface area contributed by atoms with Crippen LogP contribution in [-0.4, -0.2) is 54.3 Å². The fraction of sp³-hybridized carbons (Fsp3) is 0.348. The van der Waals surface area contributed by atoms with Gasteiger partial charge in [0.25, 0.3) is 11.8 Å². The highest BCUT2D eigenvalue weighted by molar-refractivity contribution is 6.22. The van der Waals surface area contributed by atoms with Gasteiger partial charge < -0.3 is 14.4 Å². The summed E-state index contributed by atoms with van der Waals surface area (Å²) in [6.07, 6.45) is 0.653. The molecule has 7 nitrogen and oxygen atoms in total. The van der Waals surface area contributed by atoms with Gasteiger partial charge in [-0.3, -0.25) is 19.3 Å². The maximum absolute atomic E-state index is 13.3. The van der Waals surface area contributed by atoms with E-state index >= 15 is 0 Å². The van der Waals surface area contributed by atoms with Crippen LogP contribution in [0.5, 0.6) is 11.5 Å². The van der Waals surface area contributed by atoms with Crippen LogP contribution in [0.25, 0.3) is 0 Å². The van der Waals surface area contributed by atoms with Crippen molar-refractivity contribution in [3.63, 3.8) is 0 Å². The van der Waals surface area contributed by atoms with E-state index in [9.17, 15) is 14.4 Å². The summed E-state index contributed by atoms with van der Waals surface area (Å²) >= 11 is 0. The molecule has 0 radical (unpaired) electrons. The van der Waals surface area contributed by atoms with E-state index in [0.717, 1.165) is 16.0 Å². The Morgan fingerprint density at radius 1 is 1.03 bits per heavy atom. The van der Waals surface area contributed by atoms with E-state index in [0.29, 0.717) is 35.6 Å². The zero-order valence-corrected chi connectivity index (χ0v) is 17.5. The second kappa shape index (κ2) is 7.48. The van der Waals surface area contributed by atoms with Crippen LogP contribution in [0.15, 0.2) is 36.4 Å². The highest BCUT2D eigenvalue weighted by atomic mass is 16.5. The molecule has 0 unspecified atom stereocenters. The van der Waals surface area contributed by atoms with Crippen LogP contribution < -0.4 is 9.47 Å². The van der Waals surface area contributed by atoms with Crippen LogP contribution in [0.3, 0.4) is 0 Å². The third-order valence-electron chi connectivity index (χ3n) is 6.04. The molecule has 2 heterocycles. The molecule has 0 N–H and O–H groups in total. The maximum Gasteiger partial charge on any atom is 0.262 e. The zero-order chi connectivity index (χ0) is 21.6. The summed E-state index contributed by atoms with van der Waals surface area (Å²) in [5, 5.41) is 0. The molecule has 2 aliphatic heterocycles. The zero-order valence-electron chi connectivity index (χ0n) is 17.5. The molecule has 3 amide bonds. The van der Waals surface area contributed by atoms with Crippen LogP contribution in [0.4, 0.5) is 0 Å². The average Bonchev–Trinajstić information content (AvgIpc) is 3.02. The van der Waals surface area contributed by atoms with Crippen LogP contribution in [0, 0.1) is 0 Å². The molecule has 2 atom stereocenters. The molecule has 0 saturated heterocycles. The van der Waals surface area contributed by atoms with Gasteiger partial charge in [0.05, 0.1) is 31.4 Å². The number of ether oxygens (including phenoxy) is 2. The molecule has 0 spiro atoms. The Morgan fingerprint density at radius 3 is 2.17 bits per heavy atom. The number of rotatable bonds is 4. The van der Waals surface area contributed by atoms with Crippen LogP contribution in [-0.2, 0) is 11.2 Å². The summed E-state index contributed by atoms with van der Waals surface area (Å²) in [6, 6.07) is 9.39. The topological polar surface area (TPSA) is 76.2 Å². The van der Waals surface area contributed by atoms with Gasteiger partial charge in [0.1, 0.15) is 6.04 Å². The molecule has 2 aromatic carbocycles. The third kappa shape index (κ3) is 2.93. The molecule has 0 aliphatic carbocycles. The first-order valence-corrected chi connectivity index (χ1v) is 9.91. The number of hydrogen-bond donors (Lipinski definition) is 0. The fourth-order valence-electron chi connectivity index (χ4n) is 4.36. The highest BCUT2D eigenvalue weighted by Crippen LogP contribution is 2.38. The lowest BCUT2D eigenvalue weighted by Gasteiger charge is -2.38. The van der Waals surface area contributed by atoms with Gasteiger partial charge in [-0.2, -0.15) is 0 Å². The van der Waals surface area contributed by atoms with Gasteiger partial charge in [0, 0.05) is 6.54 Å². The van der Waals surface area contributed by atoms with E-state index in [2.05, 4.69) is 0 Å². The number of hydrogen-bond acceptors (Lipinski definition) is 5. The summed E-state index contributed by atoms with van der Waals surface area (Å²) in [4.78, 5) is 41.7. The van der Waals surface area contributed by atoms with E-state index in [1.54, 1.807) is 50.3 Å². The number of methoxy groups -OCH3 is 2. The Kier molecular flexibility index (Phi) is 4.97. The van der Waals surface area contributed by atoms with Crippen molar-refractivity contribution in [2.24, 2.45) is 0 Å². The van der Waals surface area contributed by atoms with Crippen molar-refractivity contribution in [1.82, 2.24) is 9.80 Å². The quantitative estimate of drug-likeness (QED) is 0.727. The molecule has 0 aromatic heterocycles.